The molecule has 1 heterocycles. The zero-order chi connectivity index (χ0) is 34.1. The first kappa shape index (κ1) is 34.9. The van der Waals surface area contributed by atoms with Gasteiger partial charge in [0.05, 0.1) is 24.5 Å². The van der Waals surface area contributed by atoms with Crippen LogP contribution in [-0.2, 0) is 19.7 Å². The van der Waals surface area contributed by atoms with Crippen LogP contribution in [0.3, 0.4) is 0 Å². The van der Waals surface area contributed by atoms with Gasteiger partial charge in [0.2, 0.25) is 0 Å². The summed E-state index contributed by atoms with van der Waals surface area (Å²) in [6.45, 7) is 1.66. The highest BCUT2D eigenvalue weighted by atomic mass is 35.5. The largest absolute Gasteiger partial charge is 0.493 e. The number of piperidine rings is 1. The topological polar surface area (TPSA) is 93.2 Å². The van der Waals surface area contributed by atoms with E-state index in [0.717, 1.165) is 36.1 Å². The lowest BCUT2D eigenvalue weighted by atomic mass is 9.91. The molecule has 1 saturated heterocycles. The molecule has 1 amide bonds. The van der Waals surface area contributed by atoms with E-state index >= 15 is 4.39 Å². The summed E-state index contributed by atoms with van der Waals surface area (Å²) in [5.74, 6) is -5.84. The lowest BCUT2D eigenvalue weighted by Gasteiger charge is -2.38. The van der Waals surface area contributed by atoms with Crippen molar-refractivity contribution in [3.05, 3.63) is 98.8 Å². The number of hydrogen-bond acceptors (Lipinski definition) is 7. The number of carbonyl (C=O) groups is 2. The smallest absolute Gasteiger partial charge is 0.493 e. The van der Waals surface area contributed by atoms with E-state index in [4.69, 9.17) is 27.9 Å². The van der Waals surface area contributed by atoms with Crippen LogP contribution in [-0.4, -0.2) is 61.8 Å². The number of sulfonamides is 1. The minimum absolute atomic E-state index is 0.0863. The maximum Gasteiger partial charge on any atom is 0.493 e. The summed E-state index contributed by atoms with van der Waals surface area (Å²) < 4.78 is 82.9. The van der Waals surface area contributed by atoms with Crippen molar-refractivity contribution in [2.24, 2.45) is 5.92 Å². The molecule has 0 aromatic heterocycles. The normalized spacial score (nSPS) is 16.3. The van der Waals surface area contributed by atoms with Crippen LogP contribution < -0.4 is 4.74 Å². The Bertz CT molecular complexity index is 1720. The predicted molar refractivity (Wildman–Crippen MR) is 166 cm³/mol. The Labute approximate surface area is 279 Å². The van der Waals surface area contributed by atoms with Crippen LogP contribution in [0.2, 0.25) is 10.0 Å². The number of nitrogens with zero attached hydrogens (tertiary/aromatic N) is 2. The molecule has 0 N–H and O–H groups in total. The monoisotopic (exact) mass is 716 g/mol. The standard InChI is InChI=1S/C32H30Cl2F4N2O6S/c1-47(43,44)40(46-31(42)32(36,37)38)30(41)26-16-25(20-8-9-20)28(17-27(26)35)45-18-19-10-12-39(13-11-19)29(21-4-2-6-23(33)14-21)22-5-3-7-24(34)15-22/h2-7,14-17,19-20,29H,8-13,18H2,1H3. The van der Waals surface area contributed by atoms with Gasteiger partial charge >= 0.3 is 18.1 Å². The molecule has 0 atom stereocenters. The summed E-state index contributed by atoms with van der Waals surface area (Å²) in [7, 11) is -4.86. The lowest BCUT2D eigenvalue weighted by Crippen LogP contribution is -2.42. The van der Waals surface area contributed by atoms with Gasteiger partial charge in [0.1, 0.15) is 11.6 Å². The molecule has 3 aromatic rings. The van der Waals surface area contributed by atoms with Crippen LogP contribution in [0.5, 0.6) is 5.75 Å². The van der Waals surface area contributed by atoms with Gasteiger partial charge < -0.3 is 9.57 Å². The number of alkyl halides is 3. The second-order valence-corrected chi connectivity index (χ2v) is 14.3. The fraction of sp³-hybridized carbons (Fsp3) is 0.375. The molecule has 5 rings (SSSR count). The molecule has 1 aliphatic heterocycles. The van der Waals surface area contributed by atoms with Gasteiger partial charge in [-0.3, -0.25) is 9.69 Å². The highest BCUT2D eigenvalue weighted by Crippen LogP contribution is 2.45. The Morgan fingerprint density at radius 1 is 0.957 bits per heavy atom. The SMILES string of the molecule is CS(=O)(=O)N(OC(=O)C(F)(F)F)C(=O)c1cc(C2CC2)c(OCC2CCN(C(c3cccc(Cl)c3)c3cccc(Cl)c3)CC2)cc1F. The molecule has 2 fully saturated rings. The second-order valence-electron chi connectivity index (χ2n) is 11.6. The number of hydroxylamine groups is 1. The number of amides is 1. The molecule has 15 heteroatoms. The average molecular weight is 718 g/mol. The molecule has 47 heavy (non-hydrogen) atoms. The zero-order valence-corrected chi connectivity index (χ0v) is 27.3. The van der Waals surface area contributed by atoms with Gasteiger partial charge in [0.15, 0.2) is 0 Å². The number of benzene rings is 3. The third kappa shape index (κ3) is 8.56. The molecular formula is C32H30Cl2F4N2O6S. The van der Waals surface area contributed by atoms with Crippen molar-refractivity contribution in [3.63, 3.8) is 0 Å². The molecular weight excluding hydrogens is 687 g/mol. The Morgan fingerprint density at radius 2 is 1.53 bits per heavy atom. The van der Waals surface area contributed by atoms with Gasteiger partial charge in [-0.05, 0) is 97.6 Å². The highest BCUT2D eigenvalue weighted by molar-refractivity contribution is 7.88. The predicted octanol–water partition coefficient (Wildman–Crippen LogP) is 7.31. The molecule has 3 aromatic carbocycles. The van der Waals surface area contributed by atoms with Crippen LogP contribution in [0.4, 0.5) is 17.6 Å². The van der Waals surface area contributed by atoms with Crippen molar-refractivity contribution in [1.29, 1.82) is 0 Å². The van der Waals surface area contributed by atoms with Crippen molar-refractivity contribution in [3.8, 4) is 5.75 Å². The molecule has 1 saturated carbocycles. The molecule has 1 aliphatic carbocycles. The van der Waals surface area contributed by atoms with Gasteiger partial charge in [0.25, 0.3) is 10.0 Å². The maximum absolute atomic E-state index is 15.3. The molecule has 252 valence electrons. The lowest BCUT2D eigenvalue weighted by molar-refractivity contribution is -0.216. The third-order valence-corrected chi connectivity index (χ3v) is 9.34. The highest BCUT2D eigenvalue weighted by Gasteiger charge is 2.46. The number of hydrogen-bond donors (Lipinski definition) is 0. The number of carbonyl (C=O) groups excluding carboxylic acids is 2. The van der Waals surface area contributed by atoms with E-state index in [9.17, 15) is 31.2 Å². The van der Waals surface area contributed by atoms with E-state index in [0.29, 0.717) is 47.8 Å². The van der Waals surface area contributed by atoms with Crippen molar-refractivity contribution in [1.82, 2.24) is 9.37 Å². The Balaban J connectivity index is 1.30. The number of likely N-dealkylation sites (tertiary alicyclic amines) is 1. The number of ether oxygens (including phenoxy) is 1. The van der Waals surface area contributed by atoms with Crippen molar-refractivity contribution in [2.45, 2.75) is 43.8 Å². The van der Waals surface area contributed by atoms with Crippen molar-refractivity contribution < 1.29 is 45.1 Å². The fourth-order valence-electron chi connectivity index (χ4n) is 5.61. The quantitative estimate of drug-likeness (QED) is 0.169. The van der Waals surface area contributed by atoms with E-state index in [1.807, 2.05) is 48.5 Å². The first-order valence-electron chi connectivity index (χ1n) is 14.7. The van der Waals surface area contributed by atoms with Crippen molar-refractivity contribution >= 4 is 45.1 Å². The minimum Gasteiger partial charge on any atom is -0.493 e. The van der Waals surface area contributed by atoms with E-state index in [1.165, 1.54) is 0 Å². The molecule has 2 aliphatic rings. The first-order chi connectivity index (χ1) is 22.1. The summed E-state index contributed by atoms with van der Waals surface area (Å²) in [5, 5.41) is 1.24. The van der Waals surface area contributed by atoms with Gasteiger partial charge in [-0.1, -0.05) is 51.9 Å². The van der Waals surface area contributed by atoms with E-state index in [1.54, 1.807) is 0 Å². The summed E-state index contributed by atoms with van der Waals surface area (Å²) in [6.07, 6.45) is -2.38. The first-order valence-corrected chi connectivity index (χ1v) is 17.3. The van der Waals surface area contributed by atoms with Crippen LogP contribution >= 0.6 is 23.2 Å². The molecule has 0 radical (unpaired) electrons. The summed E-state index contributed by atoms with van der Waals surface area (Å²) in [4.78, 5) is 30.4. The summed E-state index contributed by atoms with van der Waals surface area (Å²) >= 11 is 12.6. The van der Waals surface area contributed by atoms with Gasteiger partial charge in [-0.25, -0.2) is 17.6 Å². The van der Waals surface area contributed by atoms with E-state index < -0.39 is 43.9 Å². The van der Waals surface area contributed by atoms with Gasteiger partial charge in [-0.15, -0.1) is 0 Å². The van der Waals surface area contributed by atoms with Gasteiger partial charge in [0, 0.05) is 16.1 Å². The molecule has 0 unspecified atom stereocenters. The van der Waals surface area contributed by atoms with Crippen LogP contribution in [0.25, 0.3) is 0 Å². The fourth-order valence-corrected chi connectivity index (χ4v) is 6.61. The van der Waals surface area contributed by atoms with E-state index in [2.05, 4.69) is 9.74 Å². The zero-order valence-electron chi connectivity index (χ0n) is 25.0. The number of rotatable bonds is 9. The summed E-state index contributed by atoms with van der Waals surface area (Å²) in [6, 6.07) is 17.2. The molecule has 8 nitrogen and oxygen atoms in total. The third-order valence-electron chi connectivity index (χ3n) is 8.03. The Morgan fingerprint density at radius 3 is 2.02 bits per heavy atom. The minimum atomic E-state index is -5.60. The van der Waals surface area contributed by atoms with E-state index in [-0.39, 0.29) is 30.2 Å². The van der Waals surface area contributed by atoms with Crippen molar-refractivity contribution in [2.75, 3.05) is 26.0 Å². The second kappa shape index (κ2) is 14.0. The molecule has 0 bridgehead atoms. The van der Waals surface area contributed by atoms with Gasteiger partial charge in [-0.2, -0.15) is 13.2 Å². The van der Waals surface area contributed by atoms with Crippen LogP contribution in [0.15, 0.2) is 60.7 Å². The number of halogens is 6. The maximum atomic E-state index is 15.3. The van der Waals surface area contributed by atoms with Crippen LogP contribution in [0, 0.1) is 11.7 Å². The Hall–Kier alpha value is -3.39. The summed E-state index contributed by atoms with van der Waals surface area (Å²) in [5.41, 5.74) is 1.58. The Kier molecular flexibility index (Phi) is 10.4. The average Bonchev–Trinajstić information content (AvgIpc) is 3.84. The van der Waals surface area contributed by atoms with Crippen LogP contribution in [0.1, 0.15) is 64.7 Å². The molecule has 0 spiro atoms.